The van der Waals surface area contributed by atoms with E-state index in [2.05, 4.69) is 22.4 Å². The minimum atomic E-state index is -0.115. The first-order chi connectivity index (χ1) is 13.1. The molecule has 3 aromatic rings. The largest absolute Gasteiger partial charge is 0.378 e. The zero-order valence-electron chi connectivity index (χ0n) is 15.1. The van der Waals surface area contributed by atoms with E-state index in [4.69, 9.17) is 0 Å². The molecule has 0 saturated carbocycles. The molecule has 1 heterocycles. The fourth-order valence-electron chi connectivity index (χ4n) is 2.86. The SMILES string of the molecule is CN(C)c1ccc(/C=C2/SC(=Nc3ccc4ccccc4c3)NC2=O)cc1. The number of amides is 1. The van der Waals surface area contributed by atoms with Crippen molar-refractivity contribution in [2.24, 2.45) is 4.99 Å². The summed E-state index contributed by atoms with van der Waals surface area (Å²) < 4.78 is 0. The van der Waals surface area contributed by atoms with Crippen molar-refractivity contribution in [1.29, 1.82) is 0 Å². The van der Waals surface area contributed by atoms with Crippen molar-refractivity contribution >= 4 is 51.1 Å². The summed E-state index contributed by atoms with van der Waals surface area (Å²) in [4.78, 5) is 19.6. The molecule has 0 spiro atoms. The summed E-state index contributed by atoms with van der Waals surface area (Å²) in [5.74, 6) is -0.115. The molecule has 0 radical (unpaired) electrons. The third kappa shape index (κ3) is 3.88. The lowest BCUT2D eigenvalue weighted by Gasteiger charge is -2.11. The maximum absolute atomic E-state index is 12.3. The highest BCUT2D eigenvalue weighted by Crippen LogP contribution is 2.29. The maximum Gasteiger partial charge on any atom is 0.264 e. The van der Waals surface area contributed by atoms with Crippen molar-refractivity contribution in [3.63, 3.8) is 0 Å². The van der Waals surface area contributed by atoms with Gasteiger partial charge in [-0.3, -0.25) is 4.79 Å². The van der Waals surface area contributed by atoms with Crippen LogP contribution in [0.2, 0.25) is 0 Å². The molecule has 1 fully saturated rings. The van der Waals surface area contributed by atoms with Crippen molar-refractivity contribution in [1.82, 2.24) is 5.32 Å². The first kappa shape index (κ1) is 17.4. The predicted octanol–water partition coefficient (Wildman–Crippen LogP) is 4.80. The van der Waals surface area contributed by atoms with Gasteiger partial charge in [0.05, 0.1) is 10.6 Å². The van der Waals surface area contributed by atoms with Gasteiger partial charge in [0.25, 0.3) is 5.91 Å². The van der Waals surface area contributed by atoms with Crippen LogP contribution < -0.4 is 10.2 Å². The van der Waals surface area contributed by atoms with Gasteiger partial charge in [0.1, 0.15) is 0 Å². The van der Waals surface area contributed by atoms with Crippen LogP contribution in [0.15, 0.2) is 76.6 Å². The molecule has 0 aliphatic carbocycles. The van der Waals surface area contributed by atoms with Gasteiger partial charge in [-0.2, -0.15) is 0 Å². The van der Waals surface area contributed by atoms with Crippen LogP contribution in [-0.2, 0) is 4.79 Å². The second-order valence-corrected chi connectivity index (χ2v) is 7.53. The molecule has 1 aliphatic heterocycles. The molecule has 0 unspecified atom stereocenters. The van der Waals surface area contributed by atoms with E-state index in [9.17, 15) is 4.79 Å². The van der Waals surface area contributed by atoms with Gasteiger partial charge in [0, 0.05) is 19.8 Å². The average Bonchev–Trinajstić information content (AvgIpc) is 3.01. The molecule has 134 valence electrons. The summed E-state index contributed by atoms with van der Waals surface area (Å²) in [6.45, 7) is 0. The number of anilines is 1. The number of hydrogen-bond acceptors (Lipinski definition) is 4. The zero-order chi connectivity index (χ0) is 18.8. The van der Waals surface area contributed by atoms with E-state index < -0.39 is 0 Å². The van der Waals surface area contributed by atoms with Crippen molar-refractivity contribution in [3.05, 3.63) is 77.2 Å². The van der Waals surface area contributed by atoms with Crippen LogP contribution in [0.1, 0.15) is 5.56 Å². The molecule has 27 heavy (non-hydrogen) atoms. The molecular weight excluding hydrogens is 354 g/mol. The number of fused-ring (bicyclic) bond motifs is 1. The Morgan fingerprint density at radius 2 is 1.70 bits per heavy atom. The number of nitrogens with one attached hydrogen (secondary N) is 1. The molecular formula is C22H19N3OS. The van der Waals surface area contributed by atoms with Crippen LogP contribution in [0.25, 0.3) is 16.8 Å². The van der Waals surface area contributed by atoms with Gasteiger partial charge in [-0.05, 0) is 58.4 Å². The van der Waals surface area contributed by atoms with E-state index in [-0.39, 0.29) is 5.91 Å². The molecule has 0 aromatic heterocycles. The number of carbonyl (C=O) groups excluding carboxylic acids is 1. The Morgan fingerprint density at radius 3 is 2.44 bits per heavy atom. The van der Waals surface area contributed by atoms with Crippen molar-refractivity contribution in [2.75, 3.05) is 19.0 Å². The molecule has 4 rings (SSSR count). The van der Waals surface area contributed by atoms with Gasteiger partial charge in [0.2, 0.25) is 0 Å². The number of benzene rings is 3. The fourth-order valence-corrected chi connectivity index (χ4v) is 3.71. The van der Waals surface area contributed by atoms with E-state index in [1.54, 1.807) is 0 Å². The van der Waals surface area contributed by atoms with Gasteiger partial charge in [-0.1, -0.05) is 42.5 Å². The highest BCUT2D eigenvalue weighted by Gasteiger charge is 2.23. The Labute approximate surface area is 162 Å². The monoisotopic (exact) mass is 373 g/mol. The average molecular weight is 373 g/mol. The number of thioether (sulfide) groups is 1. The van der Waals surface area contributed by atoms with Gasteiger partial charge in [0.15, 0.2) is 5.17 Å². The predicted molar refractivity (Wildman–Crippen MR) is 116 cm³/mol. The van der Waals surface area contributed by atoms with Crippen LogP contribution in [0.3, 0.4) is 0 Å². The number of hydrogen-bond donors (Lipinski definition) is 1. The lowest BCUT2D eigenvalue weighted by molar-refractivity contribution is -0.115. The van der Waals surface area contributed by atoms with Crippen LogP contribution in [0.4, 0.5) is 11.4 Å². The molecule has 0 bridgehead atoms. The number of nitrogens with zero attached hydrogens (tertiary/aromatic N) is 2. The zero-order valence-corrected chi connectivity index (χ0v) is 16.0. The number of rotatable bonds is 3. The van der Waals surface area contributed by atoms with E-state index in [0.29, 0.717) is 10.1 Å². The molecule has 1 amide bonds. The smallest absolute Gasteiger partial charge is 0.264 e. The number of carbonyl (C=O) groups is 1. The van der Waals surface area contributed by atoms with Gasteiger partial charge in [-0.25, -0.2) is 4.99 Å². The third-order valence-corrected chi connectivity index (χ3v) is 5.23. The van der Waals surface area contributed by atoms with E-state index in [1.807, 2.05) is 79.7 Å². The summed E-state index contributed by atoms with van der Waals surface area (Å²) in [6, 6.07) is 22.3. The molecule has 3 aromatic carbocycles. The molecule has 4 nitrogen and oxygen atoms in total. The summed E-state index contributed by atoms with van der Waals surface area (Å²) >= 11 is 1.36. The molecule has 1 aliphatic rings. The lowest BCUT2D eigenvalue weighted by Crippen LogP contribution is -2.19. The summed E-state index contributed by atoms with van der Waals surface area (Å²) in [5, 5.41) is 5.75. The maximum atomic E-state index is 12.3. The second kappa shape index (κ2) is 7.29. The minimum absolute atomic E-state index is 0.115. The highest BCUT2D eigenvalue weighted by atomic mass is 32.2. The number of aliphatic imine (C=N–C) groups is 1. The van der Waals surface area contributed by atoms with Crippen molar-refractivity contribution < 1.29 is 4.79 Å². The Morgan fingerprint density at radius 1 is 0.963 bits per heavy atom. The van der Waals surface area contributed by atoms with Crippen LogP contribution in [0.5, 0.6) is 0 Å². The second-order valence-electron chi connectivity index (χ2n) is 6.50. The first-order valence-electron chi connectivity index (χ1n) is 8.64. The van der Waals surface area contributed by atoms with Crippen LogP contribution in [0, 0.1) is 0 Å². The Kier molecular flexibility index (Phi) is 4.69. The van der Waals surface area contributed by atoms with Crippen molar-refractivity contribution in [3.8, 4) is 0 Å². The quantitative estimate of drug-likeness (QED) is 0.671. The van der Waals surface area contributed by atoms with Gasteiger partial charge >= 0.3 is 0 Å². The summed E-state index contributed by atoms with van der Waals surface area (Å²) in [5.41, 5.74) is 2.94. The van der Waals surface area contributed by atoms with E-state index in [0.717, 1.165) is 22.3 Å². The van der Waals surface area contributed by atoms with Gasteiger partial charge in [-0.15, -0.1) is 0 Å². The lowest BCUT2D eigenvalue weighted by atomic mass is 10.1. The Balaban J connectivity index is 1.56. The third-order valence-electron chi connectivity index (χ3n) is 4.32. The fraction of sp³-hybridized carbons (Fsp3) is 0.0909. The van der Waals surface area contributed by atoms with Crippen molar-refractivity contribution in [2.45, 2.75) is 0 Å². The Hall–Kier alpha value is -3.05. The number of amidine groups is 1. The van der Waals surface area contributed by atoms with Crippen LogP contribution in [-0.4, -0.2) is 25.2 Å². The van der Waals surface area contributed by atoms with Gasteiger partial charge < -0.3 is 10.2 Å². The minimum Gasteiger partial charge on any atom is -0.378 e. The van der Waals surface area contributed by atoms with Crippen LogP contribution >= 0.6 is 11.8 Å². The summed E-state index contributed by atoms with van der Waals surface area (Å²) in [6.07, 6.45) is 1.89. The molecule has 1 N–H and O–H groups in total. The normalized spacial score (nSPS) is 16.9. The molecule has 0 atom stereocenters. The van der Waals surface area contributed by atoms with E-state index in [1.165, 1.54) is 17.1 Å². The topological polar surface area (TPSA) is 44.7 Å². The molecule has 1 saturated heterocycles. The first-order valence-corrected chi connectivity index (χ1v) is 9.46. The summed E-state index contributed by atoms with van der Waals surface area (Å²) in [7, 11) is 4.01. The standard InChI is InChI=1S/C22H19N3OS/c1-25(2)19-11-7-15(8-12-19)13-20-21(26)24-22(27-20)23-18-10-9-16-5-3-4-6-17(16)14-18/h3-14H,1-2H3,(H,23,24,26)/b20-13+. The highest BCUT2D eigenvalue weighted by molar-refractivity contribution is 8.18. The molecule has 5 heteroatoms. The Bertz CT molecular complexity index is 1070. The van der Waals surface area contributed by atoms with E-state index >= 15 is 0 Å².